The normalized spacial score (nSPS) is 33.5. The Morgan fingerprint density at radius 3 is 2.44 bits per heavy atom. The van der Waals surface area contributed by atoms with Crippen molar-refractivity contribution in [3.8, 4) is 0 Å². The zero-order valence-corrected chi connectivity index (χ0v) is 12.7. The van der Waals surface area contributed by atoms with Crippen LogP contribution >= 0.6 is 0 Å². The van der Waals surface area contributed by atoms with Gasteiger partial charge in [-0.15, -0.1) is 0 Å². The molecule has 1 saturated heterocycles. The van der Waals surface area contributed by atoms with Gasteiger partial charge in [0.05, 0.1) is 0 Å². The summed E-state index contributed by atoms with van der Waals surface area (Å²) < 4.78 is 0. The molecule has 2 rings (SSSR count). The Morgan fingerprint density at radius 1 is 1.11 bits per heavy atom. The van der Waals surface area contributed by atoms with Crippen molar-refractivity contribution < 1.29 is 0 Å². The van der Waals surface area contributed by atoms with Crippen molar-refractivity contribution in [1.82, 2.24) is 10.2 Å². The molecule has 1 N–H and O–H groups in total. The maximum Gasteiger partial charge on any atom is 0.0107 e. The van der Waals surface area contributed by atoms with Crippen LogP contribution in [0.5, 0.6) is 0 Å². The first-order valence-corrected chi connectivity index (χ1v) is 8.03. The van der Waals surface area contributed by atoms with Gasteiger partial charge in [-0.3, -0.25) is 0 Å². The van der Waals surface area contributed by atoms with E-state index in [0.29, 0.717) is 5.41 Å². The molecular formula is C16H32N2. The van der Waals surface area contributed by atoms with Crippen molar-refractivity contribution in [2.24, 2.45) is 11.3 Å². The number of likely N-dealkylation sites (tertiary alicyclic amines) is 1. The Bertz CT molecular complexity index is 239. The number of hydrogen-bond donors (Lipinski definition) is 1. The van der Waals surface area contributed by atoms with E-state index in [1.54, 1.807) is 0 Å². The SMILES string of the molecule is CC1CCCCC1NCCN1CCC(C)(C)CC1. The molecule has 2 heteroatoms. The zero-order valence-electron chi connectivity index (χ0n) is 12.7. The minimum absolute atomic E-state index is 0.585. The summed E-state index contributed by atoms with van der Waals surface area (Å²) in [6.07, 6.45) is 8.43. The van der Waals surface area contributed by atoms with Crippen LogP contribution in [0, 0.1) is 11.3 Å². The quantitative estimate of drug-likeness (QED) is 0.826. The lowest BCUT2D eigenvalue weighted by atomic mass is 9.83. The maximum absolute atomic E-state index is 3.80. The van der Waals surface area contributed by atoms with Gasteiger partial charge in [0, 0.05) is 19.1 Å². The smallest absolute Gasteiger partial charge is 0.0107 e. The van der Waals surface area contributed by atoms with Crippen molar-refractivity contribution in [2.75, 3.05) is 26.2 Å². The van der Waals surface area contributed by atoms with E-state index >= 15 is 0 Å². The molecule has 2 aliphatic rings. The van der Waals surface area contributed by atoms with E-state index in [0.717, 1.165) is 12.0 Å². The van der Waals surface area contributed by atoms with Gasteiger partial charge in [-0.2, -0.15) is 0 Å². The third-order valence-electron chi connectivity index (χ3n) is 5.16. The van der Waals surface area contributed by atoms with Gasteiger partial charge in [0.2, 0.25) is 0 Å². The van der Waals surface area contributed by atoms with Crippen LogP contribution < -0.4 is 5.32 Å². The predicted octanol–water partition coefficient (Wildman–Crippen LogP) is 3.28. The van der Waals surface area contributed by atoms with E-state index in [1.165, 1.54) is 64.7 Å². The first-order chi connectivity index (χ1) is 8.57. The van der Waals surface area contributed by atoms with Gasteiger partial charge in [-0.05, 0) is 50.1 Å². The van der Waals surface area contributed by atoms with Crippen LogP contribution in [0.4, 0.5) is 0 Å². The van der Waals surface area contributed by atoms with Crippen LogP contribution in [0.1, 0.15) is 59.3 Å². The van der Waals surface area contributed by atoms with Gasteiger partial charge in [-0.1, -0.05) is 33.6 Å². The van der Waals surface area contributed by atoms with Gasteiger partial charge >= 0.3 is 0 Å². The molecule has 106 valence electrons. The number of nitrogens with one attached hydrogen (secondary N) is 1. The maximum atomic E-state index is 3.80. The number of hydrogen-bond acceptors (Lipinski definition) is 2. The molecule has 2 atom stereocenters. The molecule has 2 fully saturated rings. The van der Waals surface area contributed by atoms with Crippen LogP contribution in [0.3, 0.4) is 0 Å². The van der Waals surface area contributed by atoms with Crippen LogP contribution in [0.25, 0.3) is 0 Å². The van der Waals surface area contributed by atoms with Crippen molar-refractivity contribution in [1.29, 1.82) is 0 Å². The Kier molecular flexibility index (Phi) is 5.08. The van der Waals surface area contributed by atoms with E-state index in [2.05, 4.69) is 31.0 Å². The lowest BCUT2D eigenvalue weighted by Crippen LogP contribution is -2.44. The molecule has 0 spiro atoms. The summed E-state index contributed by atoms with van der Waals surface area (Å²) in [6, 6.07) is 0.792. The molecule has 1 aliphatic heterocycles. The molecule has 18 heavy (non-hydrogen) atoms. The second-order valence-corrected chi connectivity index (χ2v) is 7.33. The molecule has 2 unspecified atom stereocenters. The topological polar surface area (TPSA) is 15.3 Å². The second-order valence-electron chi connectivity index (χ2n) is 7.33. The highest BCUT2D eigenvalue weighted by molar-refractivity contribution is 4.81. The van der Waals surface area contributed by atoms with Crippen molar-refractivity contribution >= 4 is 0 Å². The fourth-order valence-corrected chi connectivity index (χ4v) is 3.41. The molecule has 0 amide bonds. The number of piperidine rings is 1. The zero-order chi connectivity index (χ0) is 13.0. The first kappa shape index (κ1) is 14.3. The predicted molar refractivity (Wildman–Crippen MR) is 78.9 cm³/mol. The standard InChI is InChI=1S/C16H32N2/c1-14-6-4-5-7-15(14)17-10-13-18-11-8-16(2,3)9-12-18/h14-15,17H,4-13H2,1-3H3. The summed E-state index contributed by atoms with van der Waals surface area (Å²) in [5, 5.41) is 3.80. The summed E-state index contributed by atoms with van der Waals surface area (Å²) >= 11 is 0. The van der Waals surface area contributed by atoms with E-state index in [-0.39, 0.29) is 0 Å². The molecule has 1 heterocycles. The monoisotopic (exact) mass is 252 g/mol. The molecule has 0 aromatic rings. The van der Waals surface area contributed by atoms with E-state index in [9.17, 15) is 0 Å². The Labute approximate surface area is 114 Å². The molecular weight excluding hydrogens is 220 g/mol. The molecule has 0 radical (unpaired) electrons. The average molecular weight is 252 g/mol. The average Bonchev–Trinajstić information content (AvgIpc) is 2.34. The third-order valence-corrected chi connectivity index (χ3v) is 5.16. The van der Waals surface area contributed by atoms with Crippen molar-refractivity contribution in [3.05, 3.63) is 0 Å². The number of rotatable bonds is 4. The first-order valence-electron chi connectivity index (χ1n) is 8.03. The van der Waals surface area contributed by atoms with E-state index < -0.39 is 0 Å². The minimum atomic E-state index is 0.585. The van der Waals surface area contributed by atoms with Gasteiger partial charge in [0.1, 0.15) is 0 Å². The summed E-state index contributed by atoms with van der Waals surface area (Å²) in [6.45, 7) is 12.3. The fourth-order valence-electron chi connectivity index (χ4n) is 3.41. The highest BCUT2D eigenvalue weighted by Gasteiger charge is 2.25. The molecule has 0 bridgehead atoms. The Morgan fingerprint density at radius 2 is 1.78 bits per heavy atom. The summed E-state index contributed by atoms with van der Waals surface area (Å²) in [4.78, 5) is 2.64. The van der Waals surface area contributed by atoms with Crippen molar-refractivity contribution in [3.63, 3.8) is 0 Å². The largest absolute Gasteiger partial charge is 0.312 e. The molecule has 2 nitrogen and oxygen atoms in total. The third kappa shape index (κ3) is 4.24. The highest BCUT2D eigenvalue weighted by atomic mass is 15.1. The van der Waals surface area contributed by atoms with E-state index in [1.807, 2.05) is 0 Å². The van der Waals surface area contributed by atoms with E-state index in [4.69, 9.17) is 0 Å². The van der Waals surface area contributed by atoms with Crippen LogP contribution in [0.15, 0.2) is 0 Å². The van der Waals surface area contributed by atoms with Gasteiger partial charge in [-0.25, -0.2) is 0 Å². The van der Waals surface area contributed by atoms with Crippen LogP contribution in [-0.4, -0.2) is 37.1 Å². The Balaban J connectivity index is 1.61. The van der Waals surface area contributed by atoms with Crippen LogP contribution in [-0.2, 0) is 0 Å². The molecule has 1 saturated carbocycles. The lowest BCUT2D eigenvalue weighted by molar-refractivity contribution is 0.130. The van der Waals surface area contributed by atoms with Crippen molar-refractivity contribution in [2.45, 2.75) is 65.3 Å². The Hall–Kier alpha value is -0.0800. The molecule has 0 aromatic heterocycles. The summed E-state index contributed by atoms with van der Waals surface area (Å²) in [5.41, 5.74) is 0.585. The molecule has 1 aliphatic carbocycles. The van der Waals surface area contributed by atoms with Gasteiger partial charge in [0.25, 0.3) is 0 Å². The minimum Gasteiger partial charge on any atom is -0.312 e. The molecule has 0 aromatic carbocycles. The van der Waals surface area contributed by atoms with Crippen LogP contribution in [0.2, 0.25) is 0 Å². The summed E-state index contributed by atoms with van der Waals surface area (Å²) in [7, 11) is 0. The van der Waals surface area contributed by atoms with Gasteiger partial charge < -0.3 is 10.2 Å². The second kappa shape index (κ2) is 6.38. The lowest BCUT2D eigenvalue weighted by Gasteiger charge is -2.37. The van der Waals surface area contributed by atoms with Gasteiger partial charge in [0.15, 0.2) is 0 Å². The fraction of sp³-hybridized carbons (Fsp3) is 1.00. The summed E-state index contributed by atoms with van der Waals surface area (Å²) in [5.74, 6) is 0.888. The number of nitrogens with zero attached hydrogens (tertiary/aromatic N) is 1. The highest BCUT2D eigenvalue weighted by Crippen LogP contribution is 2.29.